The molecule has 1 heterocycles. The number of rotatable bonds is 4. The smallest absolute Gasteiger partial charge is 0.280 e. The van der Waals surface area contributed by atoms with Crippen LogP contribution in [0.2, 0.25) is 0 Å². The predicted octanol–water partition coefficient (Wildman–Crippen LogP) is 3.41. The van der Waals surface area contributed by atoms with Gasteiger partial charge in [-0.25, -0.2) is 4.68 Å². The second-order valence-electron chi connectivity index (χ2n) is 5.65. The number of aromatic nitrogens is 3. The fourth-order valence-corrected chi connectivity index (χ4v) is 2.57. The van der Waals surface area contributed by atoms with E-state index < -0.39 is 0 Å². The number of anilines is 1. The van der Waals surface area contributed by atoms with Gasteiger partial charge < -0.3 is 4.90 Å². The number of para-hydroxylation sites is 1. The molecule has 0 unspecified atom stereocenters. The monoisotopic (exact) mass is 320 g/mol. The zero-order valence-electron chi connectivity index (χ0n) is 14.1. The van der Waals surface area contributed by atoms with Gasteiger partial charge in [-0.2, -0.15) is 0 Å². The number of carbonyl (C=O) groups is 1. The summed E-state index contributed by atoms with van der Waals surface area (Å²) in [5, 5.41) is 8.26. The molecule has 0 saturated heterocycles. The average molecular weight is 320 g/mol. The highest BCUT2D eigenvalue weighted by atomic mass is 16.2. The standard InChI is InChI=1S/C19H20N4O/c1-4-15-10-12-17(13-11-15)23-14(2)18(20-21-23)19(24)22(3)16-8-6-5-7-9-16/h5-13H,4H2,1-3H3. The zero-order chi connectivity index (χ0) is 17.1. The predicted molar refractivity (Wildman–Crippen MR) is 94.6 cm³/mol. The molecular weight excluding hydrogens is 300 g/mol. The molecule has 122 valence electrons. The molecule has 5 nitrogen and oxygen atoms in total. The van der Waals surface area contributed by atoms with Crippen LogP contribution in [-0.2, 0) is 6.42 Å². The maximum atomic E-state index is 12.7. The van der Waals surface area contributed by atoms with E-state index in [4.69, 9.17) is 0 Å². The summed E-state index contributed by atoms with van der Waals surface area (Å²) in [5.74, 6) is -0.171. The Kier molecular flexibility index (Phi) is 4.42. The van der Waals surface area contributed by atoms with Crippen molar-refractivity contribution in [2.45, 2.75) is 20.3 Å². The Morgan fingerprint density at radius 2 is 1.75 bits per heavy atom. The quantitative estimate of drug-likeness (QED) is 0.740. The molecule has 2 aromatic carbocycles. The van der Waals surface area contributed by atoms with Gasteiger partial charge in [0.05, 0.1) is 11.4 Å². The molecule has 0 aliphatic carbocycles. The van der Waals surface area contributed by atoms with Gasteiger partial charge in [0.2, 0.25) is 0 Å². The lowest BCUT2D eigenvalue weighted by molar-refractivity contribution is 0.0987. The van der Waals surface area contributed by atoms with Crippen molar-refractivity contribution in [3.63, 3.8) is 0 Å². The number of aryl methyl sites for hydroxylation is 1. The van der Waals surface area contributed by atoms with Gasteiger partial charge >= 0.3 is 0 Å². The third-order valence-corrected chi connectivity index (χ3v) is 4.13. The highest BCUT2D eigenvalue weighted by molar-refractivity contribution is 6.05. The third-order valence-electron chi connectivity index (χ3n) is 4.13. The Morgan fingerprint density at radius 3 is 2.38 bits per heavy atom. The Labute approximate surface area is 141 Å². The van der Waals surface area contributed by atoms with Crippen LogP contribution in [-0.4, -0.2) is 27.9 Å². The lowest BCUT2D eigenvalue weighted by atomic mass is 10.1. The molecule has 5 heteroatoms. The number of nitrogens with zero attached hydrogens (tertiary/aromatic N) is 4. The molecule has 24 heavy (non-hydrogen) atoms. The number of carbonyl (C=O) groups excluding carboxylic acids is 1. The summed E-state index contributed by atoms with van der Waals surface area (Å²) in [5.41, 5.74) is 4.08. The van der Waals surface area contributed by atoms with Crippen molar-refractivity contribution in [3.8, 4) is 5.69 Å². The second kappa shape index (κ2) is 6.66. The van der Waals surface area contributed by atoms with Gasteiger partial charge in [-0.3, -0.25) is 4.79 Å². The van der Waals surface area contributed by atoms with Gasteiger partial charge in [-0.05, 0) is 43.2 Å². The fraction of sp³-hybridized carbons (Fsp3) is 0.211. The summed E-state index contributed by atoms with van der Waals surface area (Å²) in [7, 11) is 1.74. The van der Waals surface area contributed by atoms with Crippen LogP contribution < -0.4 is 4.90 Å². The van der Waals surface area contributed by atoms with E-state index in [1.165, 1.54) is 5.56 Å². The van der Waals surface area contributed by atoms with Crippen molar-refractivity contribution in [1.82, 2.24) is 15.0 Å². The van der Waals surface area contributed by atoms with Gasteiger partial charge in [-0.15, -0.1) is 5.10 Å². The van der Waals surface area contributed by atoms with Crippen molar-refractivity contribution < 1.29 is 4.79 Å². The minimum absolute atomic E-state index is 0.171. The van der Waals surface area contributed by atoms with Gasteiger partial charge in [0.1, 0.15) is 0 Å². The van der Waals surface area contributed by atoms with E-state index in [0.29, 0.717) is 5.69 Å². The number of hydrogen-bond acceptors (Lipinski definition) is 3. The van der Waals surface area contributed by atoms with Crippen molar-refractivity contribution in [2.24, 2.45) is 0 Å². The van der Waals surface area contributed by atoms with Crippen LogP contribution in [0.25, 0.3) is 5.69 Å². The molecule has 0 aliphatic heterocycles. The number of benzene rings is 2. The summed E-state index contributed by atoms with van der Waals surface area (Å²) in [6.07, 6.45) is 0.988. The Bertz CT molecular complexity index is 838. The summed E-state index contributed by atoms with van der Waals surface area (Å²) in [6.45, 7) is 3.98. The van der Waals surface area contributed by atoms with E-state index in [0.717, 1.165) is 23.5 Å². The van der Waals surface area contributed by atoms with Crippen LogP contribution in [0.15, 0.2) is 54.6 Å². The molecule has 0 radical (unpaired) electrons. The van der Waals surface area contributed by atoms with Gasteiger partial charge in [0, 0.05) is 12.7 Å². The third kappa shape index (κ3) is 2.93. The normalized spacial score (nSPS) is 10.6. The van der Waals surface area contributed by atoms with Crippen molar-refractivity contribution in [1.29, 1.82) is 0 Å². The first-order chi connectivity index (χ1) is 11.6. The molecule has 0 saturated carbocycles. The van der Waals surface area contributed by atoms with E-state index in [1.54, 1.807) is 16.6 Å². The summed E-state index contributed by atoms with van der Waals surface area (Å²) in [4.78, 5) is 14.3. The molecule has 0 N–H and O–H groups in total. The largest absolute Gasteiger partial charge is 0.310 e. The van der Waals surface area contributed by atoms with E-state index in [1.807, 2.05) is 49.4 Å². The lowest BCUT2D eigenvalue weighted by Crippen LogP contribution is -2.27. The molecule has 0 spiro atoms. The molecule has 1 amide bonds. The summed E-state index contributed by atoms with van der Waals surface area (Å²) < 4.78 is 1.70. The molecule has 0 fully saturated rings. The molecule has 1 aromatic heterocycles. The van der Waals surface area contributed by atoms with Gasteiger partial charge in [0.25, 0.3) is 5.91 Å². The molecule has 3 rings (SSSR count). The fourth-order valence-electron chi connectivity index (χ4n) is 2.57. The number of hydrogen-bond donors (Lipinski definition) is 0. The molecule has 0 aliphatic rings. The molecule has 0 atom stereocenters. The van der Waals surface area contributed by atoms with Crippen molar-refractivity contribution in [3.05, 3.63) is 71.5 Å². The van der Waals surface area contributed by atoms with Crippen LogP contribution in [0.5, 0.6) is 0 Å². The SMILES string of the molecule is CCc1ccc(-n2nnc(C(=O)N(C)c3ccccc3)c2C)cc1. The Morgan fingerprint density at radius 1 is 1.08 bits per heavy atom. The Balaban J connectivity index is 1.90. The van der Waals surface area contributed by atoms with Crippen LogP contribution in [0.1, 0.15) is 28.7 Å². The second-order valence-corrected chi connectivity index (χ2v) is 5.65. The first kappa shape index (κ1) is 15.9. The average Bonchev–Trinajstić information content (AvgIpc) is 3.02. The lowest BCUT2D eigenvalue weighted by Gasteiger charge is -2.16. The topological polar surface area (TPSA) is 51.0 Å². The highest BCUT2D eigenvalue weighted by Gasteiger charge is 2.21. The molecule has 0 bridgehead atoms. The van der Waals surface area contributed by atoms with Crippen LogP contribution >= 0.6 is 0 Å². The van der Waals surface area contributed by atoms with Crippen LogP contribution in [0.4, 0.5) is 5.69 Å². The first-order valence-electron chi connectivity index (χ1n) is 7.96. The summed E-state index contributed by atoms with van der Waals surface area (Å²) in [6, 6.07) is 17.6. The van der Waals surface area contributed by atoms with Crippen molar-refractivity contribution in [2.75, 3.05) is 11.9 Å². The van der Waals surface area contributed by atoms with Gasteiger partial charge in [-0.1, -0.05) is 42.5 Å². The van der Waals surface area contributed by atoms with E-state index in [-0.39, 0.29) is 5.91 Å². The minimum Gasteiger partial charge on any atom is -0.310 e. The van der Waals surface area contributed by atoms with Crippen LogP contribution in [0.3, 0.4) is 0 Å². The van der Waals surface area contributed by atoms with Crippen molar-refractivity contribution >= 4 is 11.6 Å². The van der Waals surface area contributed by atoms with E-state index in [2.05, 4.69) is 29.4 Å². The molecule has 3 aromatic rings. The molecular formula is C19H20N4O. The zero-order valence-corrected chi connectivity index (χ0v) is 14.1. The minimum atomic E-state index is -0.171. The maximum absolute atomic E-state index is 12.7. The van der Waals surface area contributed by atoms with Crippen LogP contribution in [0, 0.1) is 6.92 Å². The van der Waals surface area contributed by atoms with Gasteiger partial charge in [0.15, 0.2) is 5.69 Å². The Hall–Kier alpha value is -2.95. The maximum Gasteiger partial charge on any atom is 0.280 e. The number of amides is 1. The highest BCUT2D eigenvalue weighted by Crippen LogP contribution is 2.18. The van der Waals surface area contributed by atoms with E-state index >= 15 is 0 Å². The first-order valence-corrected chi connectivity index (χ1v) is 7.96. The summed E-state index contributed by atoms with van der Waals surface area (Å²) >= 11 is 0. The van der Waals surface area contributed by atoms with E-state index in [9.17, 15) is 4.79 Å².